The van der Waals surface area contributed by atoms with Gasteiger partial charge in [0.05, 0.1) is 6.61 Å². The average Bonchev–Trinajstić information content (AvgIpc) is 3.01. The van der Waals surface area contributed by atoms with E-state index in [-0.39, 0.29) is 24.3 Å². The molecule has 2 aromatic carbocycles. The lowest BCUT2D eigenvalue weighted by atomic mass is 9.77. The topological polar surface area (TPSA) is 9.23 Å². The minimum absolute atomic E-state index is 0.0314. The van der Waals surface area contributed by atoms with Gasteiger partial charge in [-0.1, -0.05) is 43.4 Å². The summed E-state index contributed by atoms with van der Waals surface area (Å²) in [5, 5.41) is 0. The largest absolute Gasteiger partial charge is 0.490 e. The van der Waals surface area contributed by atoms with Crippen molar-refractivity contribution in [2.45, 2.75) is 103 Å². The number of allylic oxidation sites excluding steroid dienone is 3. The molecular weight excluding hydrogens is 536 g/mol. The van der Waals surface area contributed by atoms with E-state index in [2.05, 4.69) is 18.7 Å². The van der Waals surface area contributed by atoms with E-state index >= 15 is 0 Å². The van der Waals surface area contributed by atoms with Crippen molar-refractivity contribution in [3.63, 3.8) is 0 Å². The zero-order chi connectivity index (χ0) is 29.9. The smallest absolute Gasteiger partial charge is 0.165 e. The molecule has 1 unspecified atom stereocenters. The number of aryl methyl sites for hydroxylation is 2. The van der Waals surface area contributed by atoms with Crippen molar-refractivity contribution in [3.8, 4) is 5.75 Å². The van der Waals surface area contributed by atoms with E-state index in [1.807, 2.05) is 13.0 Å². The number of hydrogen-bond donors (Lipinski definition) is 0. The summed E-state index contributed by atoms with van der Waals surface area (Å²) >= 11 is 0. The van der Waals surface area contributed by atoms with E-state index in [9.17, 15) is 17.6 Å². The Kier molecular flexibility index (Phi) is 12.6. The van der Waals surface area contributed by atoms with Crippen LogP contribution in [0.2, 0.25) is 0 Å². The molecule has 1 nitrogen and oxygen atoms in total. The molecule has 0 radical (unpaired) electrons. The van der Waals surface area contributed by atoms with Crippen LogP contribution in [0.3, 0.4) is 0 Å². The molecule has 0 spiro atoms. The van der Waals surface area contributed by atoms with Gasteiger partial charge in [-0.3, -0.25) is 0 Å². The molecule has 1 atom stereocenters. The number of ether oxygens (including phenoxy) is 1. The normalized spacial score (nSPS) is 23.6. The highest BCUT2D eigenvalue weighted by Crippen LogP contribution is 2.36. The second kappa shape index (κ2) is 16.3. The van der Waals surface area contributed by atoms with E-state index in [1.54, 1.807) is 6.07 Å². The van der Waals surface area contributed by atoms with Gasteiger partial charge in [-0.15, -0.1) is 6.58 Å². The van der Waals surface area contributed by atoms with E-state index in [4.69, 9.17) is 4.74 Å². The lowest BCUT2D eigenvalue weighted by Crippen LogP contribution is -2.16. The first kappa shape index (κ1) is 32.4. The van der Waals surface area contributed by atoms with Gasteiger partial charge in [-0.05, 0) is 130 Å². The quantitative estimate of drug-likeness (QED) is 0.159. The van der Waals surface area contributed by atoms with Crippen molar-refractivity contribution in [1.29, 1.82) is 0 Å². The third-order valence-electron chi connectivity index (χ3n) is 9.60. The molecular formula is C37H48F4O. The van der Waals surface area contributed by atoms with Crippen LogP contribution in [0.25, 0.3) is 0 Å². The standard InChI is InChI=1S/C37H48F4O/c1-3-5-6-27-7-9-28(10-8-27)11-12-29-13-15-30(16-14-29)17-19-31-20-21-32(37(41)36(31)40)33(38)23-24-42-35-22-18-26(4-2)25-34(35)39/h3,11-12,18,20-22,25,27-30,33H,1,4-10,13-17,19,23-24H2,2H3/b12-11+. The number of hydrogen-bond acceptors (Lipinski definition) is 1. The SMILES string of the molecule is C=CCCC1CCC(/C=C/C2CCC(CCc3ccc(C(F)CCOc4ccc(CC)cc4F)c(F)c3F)CC2)CC1. The second-order valence-corrected chi connectivity index (χ2v) is 12.5. The Labute approximate surface area is 250 Å². The summed E-state index contributed by atoms with van der Waals surface area (Å²) in [4.78, 5) is 0. The van der Waals surface area contributed by atoms with Gasteiger partial charge >= 0.3 is 0 Å². The number of halogens is 4. The summed E-state index contributed by atoms with van der Waals surface area (Å²) in [5.74, 6) is 0.182. The van der Waals surface area contributed by atoms with Crippen LogP contribution in [0.4, 0.5) is 17.6 Å². The predicted octanol–water partition coefficient (Wildman–Crippen LogP) is 11.2. The predicted molar refractivity (Wildman–Crippen MR) is 164 cm³/mol. The van der Waals surface area contributed by atoms with Crippen molar-refractivity contribution in [2.24, 2.45) is 23.7 Å². The lowest BCUT2D eigenvalue weighted by molar-refractivity contribution is 0.226. The van der Waals surface area contributed by atoms with Gasteiger partial charge in [0.15, 0.2) is 23.2 Å². The summed E-state index contributed by atoms with van der Waals surface area (Å²) in [6.45, 7) is 5.63. The maximum Gasteiger partial charge on any atom is 0.165 e. The number of rotatable bonds is 14. The molecule has 2 fully saturated rings. The van der Waals surface area contributed by atoms with E-state index < -0.39 is 23.6 Å². The zero-order valence-electron chi connectivity index (χ0n) is 25.2. The summed E-state index contributed by atoms with van der Waals surface area (Å²) in [7, 11) is 0. The highest BCUT2D eigenvalue weighted by molar-refractivity contribution is 5.30. The Morgan fingerprint density at radius 2 is 1.50 bits per heavy atom. The first-order valence-corrected chi connectivity index (χ1v) is 16.2. The fraction of sp³-hybridized carbons (Fsp3) is 0.568. The molecule has 0 aromatic heterocycles. The molecule has 0 N–H and O–H groups in total. The van der Waals surface area contributed by atoms with Crippen molar-refractivity contribution in [1.82, 2.24) is 0 Å². The van der Waals surface area contributed by atoms with Crippen LogP contribution in [0.1, 0.15) is 107 Å². The van der Waals surface area contributed by atoms with E-state index in [1.165, 1.54) is 56.4 Å². The molecule has 0 aliphatic heterocycles. The Morgan fingerprint density at radius 1 is 0.857 bits per heavy atom. The molecule has 2 aromatic rings. The van der Waals surface area contributed by atoms with Crippen LogP contribution in [-0.4, -0.2) is 6.61 Å². The van der Waals surface area contributed by atoms with Crippen LogP contribution in [0.15, 0.2) is 55.1 Å². The van der Waals surface area contributed by atoms with Crippen molar-refractivity contribution >= 4 is 0 Å². The Bertz CT molecular complexity index is 1160. The molecule has 2 saturated carbocycles. The van der Waals surface area contributed by atoms with E-state index in [0.29, 0.717) is 30.2 Å². The monoisotopic (exact) mass is 584 g/mol. The van der Waals surface area contributed by atoms with Gasteiger partial charge in [0, 0.05) is 12.0 Å². The molecule has 2 aliphatic carbocycles. The zero-order valence-corrected chi connectivity index (χ0v) is 25.2. The summed E-state index contributed by atoms with van der Waals surface area (Å²) < 4.78 is 63.9. The highest BCUT2D eigenvalue weighted by Gasteiger charge is 2.24. The fourth-order valence-corrected chi connectivity index (χ4v) is 6.71. The highest BCUT2D eigenvalue weighted by atomic mass is 19.2. The molecule has 5 heteroatoms. The Morgan fingerprint density at radius 3 is 2.10 bits per heavy atom. The van der Waals surface area contributed by atoms with Crippen molar-refractivity contribution in [3.05, 3.63) is 89.3 Å². The molecule has 0 saturated heterocycles. The van der Waals surface area contributed by atoms with Gasteiger partial charge in [-0.2, -0.15) is 0 Å². The lowest BCUT2D eigenvalue weighted by Gasteiger charge is -2.29. The summed E-state index contributed by atoms with van der Waals surface area (Å²) in [6, 6.07) is 7.52. The molecule has 230 valence electrons. The minimum Gasteiger partial charge on any atom is -0.490 e. The molecule has 2 aliphatic rings. The van der Waals surface area contributed by atoms with Crippen LogP contribution < -0.4 is 4.74 Å². The summed E-state index contributed by atoms with van der Waals surface area (Å²) in [6.07, 6.45) is 19.2. The van der Waals surface area contributed by atoms with Gasteiger partial charge in [-0.25, -0.2) is 17.6 Å². The molecule has 0 bridgehead atoms. The number of alkyl halides is 1. The average molecular weight is 585 g/mol. The Balaban J connectivity index is 1.18. The van der Waals surface area contributed by atoms with Gasteiger partial charge < -0.3 is 4.74 Å². The first-order chi connectivity index (χ1) is 20.4. The van der Waals surface area contributed by atoms with Gasteiger partial charge in [0.2, 0.25) is 0 Å². The summed E-state index contributed by atoms with van der Waals surface area (Å²) in [5.41, 5.74) is 0.840. The first-order valence-electron chi connectivity index (χ1n) is 16.2. The third kappa shape index (κ3) is 9.22. The number of benzene rings is 2. The van der Waals surface area contributed by atoms with Crippen molar-refractivity contribution in [2.75, 3.05) is 6.61 Å². The van der Waals surface area contributed by atoms with Crippen LogP contribution in [-0.2, 0) is 12.8 Å². The molecule has 0 amide bonds. The van der Waals surface area contributed by atoms with Gasteiger partial charge in [0.25, 0.3) is 0 Å². The van der Waals surface area contributed by atoms with Crippen molar-refractivity contribution < 1.29 is 22.3 Å². The fourth-order valence-electron chi connectivity index (χ4n) is 6.71. The van der Waals surface area contributed by atoms with E-state index in [0.717, 1.165) is 55.9 Å². The Hall–Kier alpha value is -2.56. The van der Waals surface area contributed by atoms with Crippen LogP contribution >= 0.6 is 0 Å². The minimum atomic E-state index is -1.73. The third-order valence-corrected chi connectivity index (χ3v) is 9.60. The van der Waals surface area contributed by atoms with Gasteiger partial charge in [0.1, 0.15) is 6.17 Å². The maximum atomic E-state index is 14.9. The van der Waals surface area contributed by atoms with Crippen LogP contribution in [0, 0.1) is 41.1 Å². The maximum absolute atomic E-state index is 14.9. The second-order valence-electron chi connectivity index (χ2n) is 12.5. The van der Waals surface area contributed by atoms with Crippen LogP contribution in [0.5, 0.6) is 5.75 Å². The molecule has 42 heavy (non-hydrogen) atoms. The molecule has 0 heterocycles. The molecule has 4 rings (SSSR count).